The van der Waals surface area contributed by atoms with Gasteiger partial charge in [0.1, 0.15) is 11.5 Å². The van der Waals surface area contributed by atoms with Crippen LogP contribution in [0.3, 0.4) is 0 Å². The van der Waals surface area contributed by atoms with E-state index in [2.05, 4.69) is 4.98 Å². The molecule has 3 aromatic rings. The molecule has 1 saturated heterocycles. The standard InChI is InChI=1S/C26H29N3O4/c1-15-13-21(33-5)16(2)12-18(15)24(30)22-23(19-14-27-20-9-7-6-8-17(19)20)29(11-10-28(3)4)26(32)25(22)31/h6-9,12-14,23,27,30H,10-11H2,1-5H3/b24-22+. The Morgan fingerprint density at radius 3 is 2.58 bits per heavy atom. The number of Topliss-reactive ketones (excluding diaryl/α,β-unsaturated/α-hetero) is 1. The minimum absolute atomic E-state index is 0.108. The first-order valence-corrected chi connectivity index (χ1v) is 10.9. The number of benzene rings is 2. The van der Waals surface area contributed by atoms with E-state index in [1.807, 2.05) is 69.4 Å². The molecule has 7 nitrogen and oxygen atoms in total. The van der Waals surface area contributed by atoms with Gasteiger partial charge in [-0.25, -0.2) is 0 Å². The summed E-state index contributed by atoms with van der Waals surface area (Å²) >= 11 is 0. The number of hydrogen-bond donors (Lipinski definition) is 2. The molecule has 4 rings (SSSR count). The lowest BCUT2D eigenvalue weighted by atomic mass is 9.93. The molecule has 1 aromatic heterocycles. The maximum Gasteiger partial charge on any atom is 0.295 e. The number of aliphatic hydroxyl groups excluding tert-OH is 1. The van der Waals surface area contributed by atoms with E-state index >= 15 is 0 Å². The number of ketones is 1. The van der Waals surface area contributed by atoms with Crippen LogP contribution in [0.15, 0.2) is 48.2 Å². The molecule has 0 bridgehead atoms. The summed E-state index contributed by atoms with van der Waals surface area (Å²) in [6.45, 7) is 4.67. The van der Waals surface area contributed by atoms with Gasteiger partial charge in [0.15, 0.2) is 0 Å². The highest BCUT2D eigenvalue weighted by Gasteiger charge is 2.46. The summed E-state index contributed by atoms with van der Waals surface area (Å²) in [6.07, 6.45) is 1.82. The minimum atomic E-state index is -0.692. The number of ether oxygens (including phenoxy) is 1. The smallest absolute Gasteiger partial charge is 0.295 e. The second-order valence-corrected chi connectivity index (χ2v) is 8.72. The average Bonchev–Trinajstić information content (AvgIpc) is 3.32. The summed E-state index contributed by atoms with van der Waals surface area (Å²) in [5, 5.41) is 12.3. The Kier molecular flexibility index (Phi) is 5.99. The minimum Gasteiger partial charge on any atom is -0.507 e. The van der Waals surface area contributed by atoms with Crippen LogP contribution in [0.4, 0.5) is 0 Å². The van der Waals surface area contributed by atoms with Gasteiger partial charge in [-0.05, 0) is 57.3 Å². The number of nitrogens with one attached hydrogen (secondary N) is 1. The molecular formula is C26H29N3O4. The van der Waals surface area contributed by atoms with Crippen molar-refractivity contribution in [2.24, 2.45) is 0 Å². The van der Waals surface area contributed by atoms with Gasteiger partial charge in [0, 0.05) is 41.3 Å². The van der Waals surface area contributed by atoms with Gasteiger partial charge in [-0.2, -0.15) is 0 Å². The van der Waals surface area contributed by atoms with Gasteiger partial charge in [0.25, 0.3) is 11.7 Å². The molecule has 0 spiro atoms. The first-order valence-electron chi connectivity index (χ1n) is 10.9. The molecule has 0 aliphatic carbocycles. The van der Waals surface area contributed by atoms with Crippen LogP contribution in [0.1, 0.15) is 28.3 Å². The van der Waals surface area contributed by atoms with Crippen LogP contribution >= 0.6 is 0 Å². The summed E-state index contributed by atoms with van der Waals surface area (Å²) in [6, 6.07) is 10.7. The van der Waals surface area contributed by atoms with Crippen LogP contribution < -0.4 is 4.74 Å². The maximum atomic E-state index is 13.3. The second kappa shape index (κ2) is 8.75. The normalized spacial score (nSPS) is 18.0. The fourth-order valence-electron chi connectivity index (χ4n) is 4.47. The SMILES string of the molecule is COc1cc(C)c(/C(O)=C2\C(=O)C(=O)N(CCN(C)C)C2c2c[nH]c3ccccc23)cc1C. The number of methoxy groups -OCH3 is 1. The Balaban J connectivity index is 1.94. The quantitative estimate of drug-likeness (QED) is 0.341. The third kappa shape index (κ3) is 3.89. The number of para-hydroxylation sites is 1. The van der Waals surface area contributed by atoms with Gasteiger partial charge >= 0.3 is 0 Å². The number of amides is 1. The van der Waals surface area contributed by atoms with Crippen LogP contribution in [0.2, 0.25) is 0 Å². The Morgan fingerprint density at radius 2 is 1.88 bits per heavy atom. The van der Waals surface area contributed by atoms with Crippen molar-refractivity contribution in [3.8, 4) is 5.75 Å². The van der Waals surface area contributed by atoms with Gasteiger partial charge in [0.2, 0.25) is 0 Å². The Morgan fingerprint density at radius 1 is 1.15 bits per heavy atom. The molecule has 0 radical (unpaired) electrons. The van der Waals surface area contributed by atoms with E-state index in [-0.39, 0.29) is 11.3 Å². The van der Waals surface area contributed by atoms with Crippen molar-refractivity contribution in [3.05, 3.63) is 70.4 Å². The molecule has 1 fully saturated rings. The molecule has 1 unspecified atom stereocenters. The largest absolute Gasteiger partial charge is 0.507 e. The molecule has 1 aliphatic rings. The van der Waals surface area contributed by atoms with Crippen molar-refractivity contribution in [3.63, 3.8) is 0 Å². The summed E-state index contributed by atoms with van der Waals surface area (Å²) in [7, 11) is 5.43. The number of aryl methyl sites for hydroxylation is 2. The molecule has 7 heteroatoms. The van der Waals surface area contributed by atoms with Gasteiger partial charge in [-0.15, -0.1) is 0 Å². The number of hydrogen-bond acceptors (Lipinski definition) is 5. The first-order chi connectivity index (χ1) is 15.7. The number of aromatic nitrogens is 1. The van der Waals surface area contributed by atoms with E-state index in [1.165, 1.54) is 0 Å². The number of aromatic amines is 1. The number of fused-ring (bicyclic) bond motifs is 1. The number of H-pyrrole nitrogens is 1. The van der Waals surface area contributed by atoms with Crippen LogP contribution in [-0.2, 0) is 9.59 Å². The predicted molar refractivity (Wildman–Crippen MR) is 128 cm³/mol. The monoisotopic (exact) mass is 447 g/mol. The highest BCUT2D eigenvalue weighted by molar-refractivity contribution is 6.46. The summed E-state index contributed by atoms with van der Waals surface area (Å²) in [5.41, 5.74) is 3.90. The number of nitrogens with zero attached hydrogens (tertiary/aromatic N) is 2. The zero-order valence-corrected chi connectivity index (χ0v) is 19.6. The van der Waals surface area contributed by atoms with E-state index in [0.717, 1.165) is 27.6 Å². The van der Waals surface area contributed by atoms with Crippen LogP contribution in [0.5, 0.6) is 5.75 Å². The van der Waals surface area contributed by atoms with E-state index < -0.39 is 17.7 Å². The van der Waals surface area contributed by atoms with Crippen molar-refractivity contribution in [2.45, 2.75) is 19.9 Å². The zero-order valence-electron chi connectivity index (χ0n) is 19.6. The lowest BCUT2D eigenvalue weighted by Crippen LogP contribution is -2.35. The van der Waals surface area contributed by atoms with Crippen molar-refractivity contribution >= 4 is 28.4 Å². The second-order valence-electron chi connectivity index (χ2n) is 8.72. The van der Waals surface area contributed by atoms with Gasteiger partial charge in [0.05, 0.1) is 18.7 Å². The van der Waals surface area contributed by atoms with Gasteiger partial charge < -0.3 is 24.6 Å². The molecule has 2 N–H and O–H groups in total. The fourth-order valence-corrected chi connectivity index (χ4v) is 4.47. The summed E-state index contributed by atoms with van der Waals surface area (Å²) in [4.78, 5) is 33.2. The summed E-state index contributed by atoms with van der Waals surface area (Å²) in [5.74, 6) is -0.742. The Hall–Kier alpha value is -3.58. The highest BCUT2D eigenvalue weighted by Crippen LogP contribution is 2.42. The van der Waals surface area contributed by atoms with E-state index in [0.29, 0.717) is 24.4 Å². The molecule has 0 saturated carbocycles. The first kappa shape index (κ1) is 22.6. The Labute approximate surface area is 193 Å². The predicted octanol–water partition coefficient (Wildman–Crippen LogP) is 3.78. The maximum absolute atomic E-state index is 13.3. The third-order valence-corrected chi connectivity index (χ3v) is 6.24. The number of likely N-dealkylation sites (tertiary alicyclic amines) is 1. The van der Waals surface area contributed by atoms with Crippen LogP contribution in [-0.4, -0.2) is 65.9 Å². The number of carbonyl (C=O) groups excluding carboxylic acids is 2. The number of likely N-dealkylation sites (N-methyl/N-ethyl adjacent to an activating group) is 1. The summed E-state index contributed by atoms with van der Waals surface area (Å²) < 4.78 is 5.39. The van der Waals surface area contributed by atoms with Crippen molar-refractivity contribution in [1.29, 1.82) is 0 Å². The van der Waals surface area contributed by atoms with Crippen molar-refractivity contribution in [1.82, 2.24) is 14.8 Å². The van der Waals surface area contributed by atoms with Crippen molar-refractivity contribution in [2.75, 3.05) is 34.3 Å². The number of aliphatic hydroxyl groups is 1. The molecule has 2 heterocycles. The average molecular weight is 448 g/mol. The molecule has 172 valence electrons. The molecular weight excluding hydrogens is 418 g/mol. The zero-order chi connectivity index (χ0) is 23.9. The molecule has 2 aromatic carbocycles. The molecule has 1 aliphatic heterocycles. The molecule has 1 atom stereocenters. The van der Waals surface area contributed by atoms with Crippen molar-refractivity contribution < 1.29 is 19.4 Å². The van der Waals surface area contributed by atoms with Gasteiger partial charge in [-0.1, -0.05) is 18.2 Å². The fraction of sp³-hybridized carbons (Fsp3) is 0.308. The van der Waals surface area contributed by atoms with E-state index in [1.54, 1.807) is 18.1 Å². The van der Waals surface area contributed by atoms with E-state index in [9.17, 15) is 14.7 Å². The van der Waals surface area contributed by atoms with Gasteiger partial charge in [-0.3, -0.25) is 9.59 Å². The lowest BCUT2D eigenvalue weighted by molar-refractivity contribution is -0.140. The van der Waals surface area contributed by atoms with Crippen LogP contribution in [0, 0.1) is 13.8 Å². The van der Waals surface area contributed by atoms with E-state index in [4.69, 9.17) is 4.74 Å². The lowest BCUT2D eigenvalue weighted by Gasteiger charge is -2.26. The Bertz CT molecular complexity index is 1270. The topological polar surface area (TPSA) is 85.9 Å². The molecule has 1 amide bonds. The number of rotatable bonds is 6. The van der Waals surface area contributed by atoms with Crippen LogP contribution in [0.25, 0.3) is 16.7 Å². The third-order valence-electron chi connectivity index (χ3n) is 6.24. The number of carbonyl (C=O) groups is 2. The molecule has 33 heavy (non-hydrogen) atoms. The highest BCUT2D eigenvalue weighted by atomic mass is 16.5.